The molecule has 0 radical (unpaired) electrons. The fraction of sp³-hybridized carbons (Fsp3) is 0.286. The molecule has 0 spiro atoms. The minimum Gasteiger partial charge on any atom is -0.496 e. The highest BCUT2D eigenvalue weighted by atomic mass is 35.5. The smallest absolute Gasteiger partial charge is 0.266 e. The molecule has 180 valence electrons. The summed E-state index contributed by atoms with van der Waals surface area (Å²) in [5, 5.41) is 0.523. The van der Waals surface area contributed by atoms with Crippen molar-refractivity contribution < 1.29 is 13.9 Å². The summed E-state index contributed by atoms with van der Waals surface area (Å²) in [6.07, 6.45) is 8.74. The van der Waals surface area contributed by atoms with Gasteiger partial charge in [0.15, 0.2) is 0 Å². The Labute approximate surface area is 213 Å². The van der Waals surface area contributed by atoms with Crippen LogP contribution in [-0.2, 0) is 6.54 Å². The van der Waals surface area contributed by atoms with Gasteiger partial charge >= 0.3 is 0 Å². The third-order valence-electron chi connectivity index (χ3n) is 6.71. The van der Waals surface area contributed by atoms with Crippen LogP contribution in [-0.4, -0.2) is 28.9 Å². The van der Waals surface area contributed by atoms with Crippen molar-refractivity contribution in [2.24, 2.45) is 0 Å². The standard InChI is InChI=1S/C28H26ClFN2O2S/c1-34-23-11-10-19(18-12-14-31-15-13-18)16-20(23)17-32(21-6-3-2-4-7-21)28(33)27-26(29)25-22(30)8-5-9-24(25)35-27/h5,8-16,21H,2-4,6-7,17H2,1H3. The SMILES string of the molecule is COc1ccc(-c2ccncc2)cc1CN(C(=O)c1sc2cccc(F)c2c1Cl)C1CCCCC1. The summed E-state index contributed by atoms with van der Waals surface area (Å²) >= 11 is 7.86. The van der Waals surface area contributed by atoms with E-state index in [-0.39, 0.29) is 17.0 Å². The number of nitrogens with zero attached hydrogens (tertiary/aromatic N) is 2. The lowest BCUT2D eigenvalue weighted by Gasteiger charge is -2.34. The number of rotatable bonds is 6. The number of amides is 1. The van der Waals surface area contributed by atoms with Gasteiger partial charge in [-0.25, -0.2) is 4.39 Å². The minimum atomic E-state index is -0.404. The summed E-state index contributed by atoms with van der Waals surface area (Å²) in [5.41, 5.74) is 2.99. The zero-order valence-electron chi connectivity index (χ0n) is 19.5. The molecule has 0 aliphatic heterocycles. The molecule has 5 rings (SSSR count). The highest BCUT2D eigenvalue weighted by Gasteiger charge is 2.31. The molecule has 1 aliphatic carbocycles. The molecular weight excluding hydrogens is 483 g/mol. The fourth-order valence-electron chi connectivity index (χ4n) is 4.91. The average molecular weight is 509 g/mol. The molecule has 1 amide bonds. The molecule has 4 nitrogen and oxygen atoms in total. The molecule has 2 aromatic heterocycles. The van der Waals surface area contributed by atoms with E-state index in [0.717, 1.165) is 48.1 Å². The van der Waals surface area contributed by atoms with Crippen LogP contribution in [0.25, 0.3) is 21.2 Å². The number of fused-ring (bicyclic) bond motifs is 1. The first-order chi connectivity index (χ1) is 17.1. The Morgan fingerprint density at radius 2 is 1.89 bits per heavy atom. The summed E-state index contributed by atoms with van der Waals surface area (Å²) in [5.74, 6) is 0.169. The molecule has 1 saturated carbocycles. The van der Waals surface area contributed by atoms with Gasteiger partial charge in [0.1, 0.15) is 16.4 Å². The Balaban J connectivity index is 1.55. The maximum Gasteiger partial charge on any atom is 0.266 e. The minimum absolute atomic E-state index is 0.0941. The molecule has 1 aliphatic rings. The second-order valence-electron chi connectivity index (χ2n) is 8.85. The van der Waals surface area contributed by atoms with E-state index in [1.807, 2.05) is 29.2 Å². The Morgan fingerprint density at radius 3 is 2.60 bits per heavy atom. The maximum absolute atomic E-state index is 14.5. The van der Waals surface area contributed by atoms with E-state index in [9.17, 15) is 9.18 Å². The molecule has 0 saturated heterocycles. The molecule has 0 atom stereocenters. The number of carbonyl (C=O) groups excluding carboxylic acids is 1. The summed E-state index contributed by atoms with van der Waals surface area (Å²) in [4.78, 5) is 20.4. The van der Waals surface area contributed by atoms with Gasteiger partial charge in [-0.3, -0.25) is 9.78 Å². The van der Waals surface area contributed by atoms with Crippen LogP contribution in [0.15, 0.2) is 60.9 Å². The molecule has 0 N–H and O–H groups in total. The molecule has 35 heavy (non-hydrogen) atoms. The van der Waals surface area contributed by atoms with Crippen LogP contribution in [0, 0.1) is 5.82 Å². The van der Waals surface area contributed by atoms with Crippen LogP contribution >= 0.6 is 22.9 Å². The van der Waals surface area contributed by atoms with Gasteiger partial charge in [-0.2, -0.15) is 0 Å². The van der Waals surface area contributed by atoms with Gasteiger partial charge in [-0.05, 0) is 60.4 Å². The van der Waals surface area contributed by atoms with Crippen LogP contribution in [0.1, 0.15) is 47.3 Å². The van der Waals surface area contributed by atoms with Gasteiger partial charge in [-0.15, -0.1) is 11.3 Å². The zero-order chi connectivity index (χ0) is 24.4. The number of thiophene rings is 1. The molecule has 0 bridgehead atoms. The number of methoxy groups -OCH3 is 1. The van der Waals surface area contributed by atoms with Crippen molar-refractivity contribution in [3.8, 4) is 16.9 Å². The van der Waals surface area contributed by atoms with E-state index in [0.29, 0.717) is 21.5 Å². The van der Waals surface area contributed by atoms with Crippen molar-refractivity contribution in [3.63, 3.8) is 0 Å². The average Bonchev–Trinajstić information content (AvgIpc) is 3.25. The lowest BCUT2D eigenvalue weighted by Crippen LogP contribution is -2.40. The Morgan fingerprint density at radius 1 is 1.11 bits per heavy atom. The molecule has 7 heteroatoms. The second-order valence-corrected chi connectivity index (χ2v) is 10.3. The number of hydrogen-bond donors (Lipinski definition) is 0. The fourth-order valence-corrected chi connectivity index (χ4v) is 6.42. The first-order valence-electron chi connectivity index (χ1n) is 11.8. The number of hydrogen-bond acceptors (Lipinski definition) is 4. The van der Waals surface area contributed by atoms with E-state index in [1.165, 1.54) is 23.8 Å². The van der Waals surface area contributed by atoms with Crippen LogP contribution < -0.4 is 4.74 Å². The summed E-state index contributed by atoms with van der Waals surface area (Å²) < 4.78 is 20.9. The van der Waals surface area contributed by atoms with Gasteiger partial charge in [-0.1, -0.05) is 43.0 Å². The molecule has 4 aromatic rings. The van der Waals surface area contributed by atoms with Crippen molar-refractivity contribution in [1.29, 1.82) is 0 Å². The predicted molar refractivity (Wildman–Crippen MR) is 140 cm³/mol. The van der Waals surface area contributed by atoms with Crippen LogP contribution in [0.4, 0.5) is 4.39 Å². The van der Waals surface area contributed by atoms with E-state index in [2.05, 4.69) is 11.1 Å². The van der Waals surface area contributed by atoms with Gasteiger partial charge in [0.25, 0.3) is 5.91 Å². The van der Waals surface area contributed by atoms with Crippen LogP contribution in [0.5, 0.6) is 5.75 Å². The van der Waals surface area contributed by atoms with Crippen molar-refractivity contribution in [2.45, 2.75) is 44.7 Å². The predicted octanol–water partition coefficient (Wildman–Crippen LogP) is 7.74. The normalized spacial score (nSPS) is 14.3. The number of benzene rings is 2. The third kappa shape index (κ3) is 4.78. The van der Waals surface area contributed by atoms with Crippen LogP contribution in [0.2, 0.25) is 5.02 Å². The topological polar surface area (TPSA) is 42.4 Å². The summed E-state index contributed by atoms with van der Waals surface area (Å²) in [6, 6.07) is 14.9. The number of carbonyl (C=O) groups is 1. The Kier molecular flexibility index (Phi) is 7.02. The maximum atomic E-state index is 14.5. The van der Waals surface area contributed by atoms with E-state index >= 15 is 0 Å². The number of ether oxygens (including phenoxy) is 1. The molecule has 2 heterocycles. The van der Waals surface area contributed by atoms with Crippen LogP contribution in [0.3, 0.4) is 0 Å². The van der Waals surface area contributed by atoms with E-state index in [1.54, 1.807) is 31.6 Å². The lowest BCUT2D eigenvalue weighted by molar-refractivity contribution is 0.0618. The Hall–Kier alpha value is -2.96. The quantitative estimate of drug-likeness (QED) is 0.267. The largest absolute Gasteiger partial charge is 0.496 e. The van der Waals surface area contributed by atoms with Crippen molar-refractivity contribution in [1.82, 2.24) is 9.88 Å². The monoisotopic (exact) mass is 508 g/mol. The molecular formula is C28H26ClFN2O2S. The van der Waals surface area contributed by atoms with Crippen molar-refractivity contribution in [2.75, 3.05) is 7.11 Å². The van der Waals surface area contributed by atoms with Gasteiger partial charge in [0.05, 0.1) is 12.1 Å². The highest BCUT2D eigenvalue weighted by molar-refractivity contribution is 7.21. The molecule has 1 fully saturated rings. The Bertz CT molecular complexity index is 1350. The summed E-state index contributed by atoms with van der Waals surface area (Å²) in [7, 11) is 1.64. The van der Waals surface area contributed by atoms with Crippen molar-refractivity contribution in [3.05, 3.63) is 82.2 Å². The number of halogens is 2. The molecule has 0 unspecified atom stereocenters. The van der Waals surface area contributed by atoms with Gasteiger partial charge < -0.3 is 9.64 Å². The lowest BCUT2D eigenvalue weighted by atomic mass is 9.93. The molecule has 2 aromatic carbocycles. The van der Waals surface area contributed by atoms with Crippen molar-refractivity contribution >= 4 is 38.9 Å². The second kappa shape index (κ2) is 10.3. The number of aromatic nitrogens is 1. The summed E-state index contributed by atoms with van der Waals surface area (Å²) in [6.45, 7) is 0.388. The first kappa shape index (κ1) is 23.8. The number of pyridine rings is 1. The highest BCUT2D eigenvalue weighted by Crippen LogP contribution is 2.39. The van der Waals surface area contributed by atoms with E-state index in [4.69, 9.17) is 16.3 Å². The van der Waals surface area contributed by atoms with Gasteiger partial charge in [0, 0.05) is 40.6 Å². The third-order valence-corrected chi connectivity index (χ3v) is 8.34. The van der Waals surface area contributed by atoms with E-state index < -0.39 is 5.82 Å². The van der Waals surface area contributed by atoms with Gasteiger partial charge in [0.2, 0.25) is 0 Å². The first-order valence-corrected chi connectivity index (χ1v) is 13.0. The zero-order valence-corrected chi connectivity index (χ0v) is 21.0.